The summed E-state index contributed by atoms with van der Waals surface area (Å²) in [6.07, 6.45) is 0. The highest BCUT2D eigenvalue weighted by molar-refractivity contribution is 7.91. The van der Waals surface area contributed by atoms with Gasteiger partial charge in [-0.05, 0) is 12.1 Å². The monoisotopic (exact) mass is 328 g/mol. The first-order chi connectivity index (χ1) is 9.89. The minimum absolute atomic E-state index is 0.0437. The molecule has 2 aromatic rings. The third-order valence-electron chi connectivity index (χ3n) is 3.53. The molecule has 0 saturated carbocycles. The van der Waals surface area contributed by atoms with Crippen LogP contribution in [0.1, 0.15) is 9.67 Å². The van der Waals surface area contributed by atoms with Gasteiger partial charge in [0.15, 0.2) is 9.84 Å². The van der Waals surface area contributed by atoms with E-state index in [4.69, 9.17) is 5.73 Å². The second-order valence-electron chi connectivity index (χ2n) is 4.90. The van der Waals surface area contributed by atoms with Crippen LogP contribution in [0.5, 0.6) is 0 Å². The van der Waals surface area contributed by atoms with Gasteiger partial charge in [-0.1, -0.05) is 6.07 Å². The van der Waals surface area contributed by atoms with Gasteiger partial charge in [0.05, 0.1) is 22.6 Å². The van der Waals surface area contributed by atoms with Crippen molar-refractivity contribution in [3.63, 3.8) is 0 Å². The molecule has 2 N–H and O–H groups in total. The molecule has 0 aliphatic carbocycles. The van der Waals surface area contributed by atoms with Crippen LogP contribution in [0.4, 0.5) is 10.1 Å². The highest BCUT2D eigenvalue weighted by atomic mass is 32.2. The second kappa shape index (κ2) is 4.96. The van der Waals surface area contributed by atoms with Crippen molar-refractivity contribution >= 4 is 42.9 Å². The summed E-state index contributed by atoms with van der Waals surface area (Å²) in [7, 11) is -3.05. The Morgan fingerprint density at radius 2 is 1.95 bits per heavy atom. The average Bonchev–Trinajstić information content (AvgIpc) is 2.77. The summed E-state index contributed by atoms with van der Waals surface area (Å²) < 4.78 is 37.2. The van der Waals surface area contributed by atoms with E-state index in [0.717, 1.165) is 11.3 Å². The fraction of sp³-hybridized carbons (Fsp3) is 0.308. The first-order valence-corrected chi connectivity index (χ1v) is 8.99. The zero-order valence-electron chi connectivity index (χ0n) is 11.0. The third-order valence-corrected chi connectivity index (χ3v) is 6.30. The Hall–Kier alpha value is -1.67. The molecule has 21 heavy (non-hydrogen) atoms. The van der Waals surface area contributed by atoms with Crippen molar-refractivity contribution in [2.45, 2.75) is 0 Å². The van der Waals surface area contributed by atoms with Crippen LogP contribution < -0.4 is 5.73 Å². The number of anilines is 1. The number of sulfone groups is 1. The number of rotatable bonds is 1. The fourth-order valence-corrected chi connectivity index (χ4v) is 4.65. The molecule has 1 saturated heterocycles. The van der Waals surface area contributed by atoms with Gasteiger partial charge in [-0.15, -0.1) is 11.3 Å². The number of fused-ring (bicyclic) bond motifs is 1. The van der Waals surface area contributed by atoms with Gasteiger partial charge in [0.1, 0.15) is 10.7 Å². The number of halogens is 1. The summed E-state index contributed by atoms with van der Waals surface area (Å²) in [6, 6.07) is 4.57. The fourth-order valence-electron chi connectivity index (χ4n) is 2.35. The van der Waals surface area contributed by atoms with E-state index >= 15 is 0 Å². The molecule has 8 heteroatoms. The van der Waals surface area contributed by atoms with Crippen molar-refractivity contribution in [1.29, 1.82) is 0 Å². The summed E-state index contributed by atoms with van der Waals surface area (Å²) in [5.41, 5.74) is 6.04. The molecule has 0 spiro atoms. The molecular weight excluding hydrogens is 315 g/mol. The van der Waals surface area contributed by atoms with Crippen LogP contribution in [0, 0.1) is 5.82 Å². The lowest BCUT2D eigenvalue weighted by atomic mass is 10.2. The van der Waals surface area contributed by atoms with E-state index in [2.05, 4.69) is 0 Å². The zero-order valence-corrected chi connectivity index (χ0v) is 12.6. The van der Waals surface area contributed by atoms with Crippen LogP contribution in [0.15, 0.2) is 18.2 Å². The van der Waals surface area contributed by atoms with Crippen molar-refractivity contribution < 1.29 is 17.6 Å². The second-order valence-corrected chi connectivity index (χ2v) is 8.26. The van der Waals surface area contributed by atoms with Gasteiger partial charge in [-0.2, -0.15) is 0 Å². The van der Waals surface area contributed by atoms with Crippen molar-refractivity contribution in [3.05, 3.63) is 28.9 Å². The Bertz CT molecular complexity index is 815. The van der Waals surface area contributed by atoms with Gasteiger partial charge in [0, 0.05) is 17.8 Å². The number of benzene rings is 1. The Morgan fingerprint density at radius 1 is 1.29 bits per heavy atom. The van der Waals surface area contributed by atoms with E-state index in [-0.39, 0.29) is 46.5 Å². The quantitative estimate of drug-likeness (QED) is 0.860. The van der Waals surface area contributed by atoms with Gasteiger partial charge in [-0.25, -0.2) is 12.8 Å². The minimum Gasteiger partial charge on any atom is -0.397 e. The number of carbonyl (C=O) groups is 1. The molecule has 5 nitrogen and oxygen atoms in total. The van der Waals surface area contributed by atoms with Gasteiger partial charge in [0.2, 0.25) is 0 Å². The maximum absolute atomic E-state index is 13.8. The predicted molar refractivity (Wildman–Crippen MR) is 80.8 cm³/mol. The lowest BCUT2D eigenvalue weighted by Crippen LogP contribution is -2.43. The summed E-state index contributed by atoms with van der Waals surface area (Å²) in [6.45, 7) is 0.300. The molecule has 1 aliphatic rings. The molecular formula is C13H13FN2O3S2. The smallest absolute Gasteiger partial charge is 0.266 e. The number of hydrogen-bond donors (Lipinski definition) is 1. The number of amides is 1. The van der Waals surface area contributed by atoms with Crippen LogP contribution in [-0.4, -0.2) is 43.8 Å². The Balaban J connectivity index is 1.96. The molecule has 0 bridgehead atoms. The number of nitrogens with zero attached hydrogens (tertiary/aromatic N) is 1. The molecule has 1 aliphatic heterocycles. The van der Waals surface area contributed by atoms with Crippen molar-refractivity contribution in [2.24, 2.45) is 0 Å². The van der Waals surface area contributed by atoms with Gasteiger partial charge >= 0.3 is 0 Å². The lowest BCUT2D eigenvalue weighted by molar-refractivity contribution is 0.0776. The number of hydrogen-bond acceptors (Lipinski definition) is 5. The normalized spacial score (nSPS) is 18.0. The zero-order chi connectivity index (χ0) is 15.2. The topological polar surface area (TPSA) is 80.5 Å². The molecule has 112 valence electrons. The van der Waals surface area contributed by atoms with E-state index in [1.807, 2.05) is 0 Å². The van der Waals surface area contributed by atoms with Crippen LogP contribution in [0.25, 0.3) is 10.1 Å². The van der Waals surface area contributed by atoms with Crippen LogP contribution >= 0.6 is 11.3 Å². The summed E-state index contributed by atoms with van der Waals surface area (Å²) in [4.78, 5) is 14.2. The standard InChI is InChI=1S/C13H13FN2O3S2/c14-8-2-1-3-9-10(8)11(15)12(20-9)13(17)16-4-6-21(18,19)7-5-16/h1-3H,4-7,15H2. The van der Waals surface area contributed by atoms with Crippen LogP contribution in [0.2, 0.25) is 0 Å². The number of carbonyl (C=O) groups excluding carboxylic acids is 1. The van der Waals surface area contributed by atoms with E-state index in [9.17, 15) is 17.6 Å². The van der Waals surface area contributed by atoms with Gasteiger partial charge in [0.25, 0.3) is 5.91 Å². The SMILES string of the molecule is Nc1c(C(=O)N2CCS(=O)(=O)CC2)sc2cccc(F)c12. The highest BCUT2D eigenvalue weighted by Crippen LogP contribution is 2.36. The Labute approximate surface area is 125 Å². The number of nitrogen functional groups attached to an aromatic ring is 1. The molecule has 0 atom stereocenters. The van der Waals surface area contributed by atoms with Gasteiger partial charge in [-0.3, -0.25) is 4.79 Å². The molecule has 2 heterocycles. The van der Waals surface area contributed by atoms with Crippen LogP contribution in [-0.2, 0) is 9.84 Å². The summed E-state index contributed by atoms with van der Waals surface area (Å²) >= 11 is 1.13. The van der Waals surface area contributed by atoms with E-state index in [0.29, 0.717) is 4.70 Å². The average molecular weight is 328 g/mol. The predicted octanol–water partition coefficient (Wildman–Crippen LogP) is 1.49. The number of thiophene rings is 1. The summed E-state index contributed by atoms with van der Waals surface area (Å²) in [5.74, 6) is -0.875. The van der Waals surface area contributed by atoms with Crippen molar-refractivity contribution in [2.75, 3.05) is 30.3 Å². The maximum atomic E-state index is 13.8. The number of nitrogens with two attached hydrogens (primary N) is 1. The van der Waals surface area contributed by atoms with Crippen molar-refractivity contribution in [3.8, 4) is 0 Å². The van der Waals surface area contributed by atoms with E-state index < -0.39 is 15.7 Å². The minimum atomic E-state index is -3.05. The third kappa shape index (κ3) is 2.49. The largest absolute Gasteiger partial charge is 0.397 e. The summed E-state index contributed by atoms with van der Waals surface area (Å²) in [5, 5.41) is 0.260. The van der Waals surface area contributed by atoms with E-state index in [1.54, 1.807) is 12.1 Å². The lowest BCUT2D eigenvalue weighted by Gasteiger charge is -2.26. The molecule has 1 fully saturated rings. The molecule has 0 unspecified atom stereocenters. The molecule has 3 rings (SSSR count). The molecule has 1 aromatic heterocycles. The molecule has 1 amide bonds. The Morgan fingerprint density at radius 3 is 2.57 bits per heavy atom. The first kappa shape index (κ1) is 14.3. The van der Waals surface area contributed by atoms with Gasteiger partial charge < -0.3 is 10.6 Å². The maximum Gasteiger partial charge on any atom is 0.266 e. The van der Waals surface area contributed by atoms with Crippen LogP contribution in [0.3, 0.4) is 0 Å². The molecule has 1 aromatic carbocycles. The first-order valence-electron chi connectivity index (χ1n) is 6.35. The molecule has 0 radical (unpaired) electrons. The van der Waals surface area contributed by atoms with E-state index in [1.165, 1.54) is 11.0 Å². The Kier molecular flexibility index (Phi) is 3.37. The van der Waals surface area contributed by atoms with Crippen molar-refractivity contribution in [1.82, 2.24) is 4.90 Å². The highest BCUT2D eigenvalue weighted by Gasteiger charge is 2.28.